The molecule has 2 rings (SSSR count). The molecule has 0 atom stereocenters. The Kier molecular flexibility index (Phi) is 3.50. The van der Waals surface area contributed by atoms with Crippen molar-refractivity contribution in [1.82, 2.24) is 0 Å². The Hall–Kier alpha value is -2.16. The lowest BCUT2D eigenvalue weighted by Gasteiger charge is -2.01. The molecule has 2 aromatic carbocycles. The van der Waals surface area contributed by atoms with E-state index in [4.69, 9.17) is 4.74 Å². The summed E-state index contributed by atoms with van der Waals surface area (Å²) < 4.78 is 5.20. The first-order chi connectivity index (χ1) is 8.29. The minimum Gasteiger partial charge on any atom is -0.494 e. The number of hydrogen-bond acceptors (Lipinski definition) is 3. The number of benzene rings is 2. The Labute approximate surface area is 101 Å². The fourth-order valence-corrected chi connectivity index (χ4v) is 1.51. The number of rotatable bonds is 3. The van der Waals surface area contributed by atoms with Crippen molar-refractivity contribution in [2.45, 2.75) is 6.92 Å². The van der Waals surface area contributed by atoms with E-state index in [1.54, 1.807) is 7.11 Å². The van der Waals surface area contributed by atoms with E-state index in [1.165, 1.54) is 5.56 Å². The minimum atomic E-state index is 0.726. The van der Waals surface area contributed by atoms with Crippen LogP contribution in [0.2, 0.25) is 0 Å². The van der Waals surface area contributed by atoms with Gasteiger partial charge in [-0.2, -0.15) is 5.11 Å². The maximum absolute atomic E-state index is 5.20. The summed E-state index contributed by atoms with van der Waals surface area (Å²) in [5, 5.41) is 8.38. The van der Waals surface area contributed by atoms with E-state index in [1.807, 2.05) is 55.5 Å². The van der Waals surface area contributed by atoms with E-state index in [-0.39, 0.29) is 0 Å². The van der Waals surface area contributed by atoms with Gasteiger partial charge in [0.15, 0.2) is 0 Å². The monoisotopic (exact) mass is 226 g/mol. The van der Waals surface area contributed by atoms with Crippen LogP contribution in [0.1, 0.15) is 5.56 Å². The van der Waals surface area contributed by atoms with Gasteiger partial charge >= 0.3 is 0 Å². The van der Waals surface area contributed by atoms with Crippen LogP contribution in [-0.2, 0) is 0 Å². The van der Waals surface area contributed by atoms with Gasteiger partial charge in [0, 0.05) is 0 Å². The number of nitrogens with zero attached hydrogens (tertiary/aromatic N) is 2. The summed E-state index contributed by atoms with van der Waals surface area (Å²) >= 11 is 0. The van der Waals surface area contributed by atoms with Crippen molar-refractivity contribution in [1.29, 1.82) is 0 Å². The lowest BCUT2D eigenvalue weighted by atomic mass is 10.2. The highest BCUT2D eigenvalue weighted by molar-refractivity contribution is 5.51. The molecule has 0 saturated carbocycles. The maximum Gasteiger partial charge on any atom is 0.146 e. The Morgan fingerprint density at radius 1 is 0.941 bits per heavy atom. The van der Waals surface area contributed by atoms with Crippen LogP contribution in [0.4, 0.5) is 11.4 Å². The summed E-state index contributed by atoms with van der Waals surface area (Å²) in [4.78, 5) is 0. The van der Waals surface area contributed by atoms with Gasteiger partial charge in [0.05, 0.1) is 12.8 Å². The predicted octanol–water partition coefficient (Wildman–Crippen LogP) is 4.42. The van der Waals surface area contributed by atoms with Crippen LogP contribution in [-0.4, -0.2) is 7.11 Å². The second kappa shape index (κ2) is 5.25. The number of ether oxygens (including phenoxy) is 1. The van der Waals surface area contributed by atoms with Crippen LogP contribution < -0.4 is 4.74 Å². The normalized spacial score (nSPS) is 10.7. The quantitative estimate of drug-likeness (QED) is 0.713. The lowest BCUT2D eigenvalue weighted by Crippen LogP contribution is -1.81. The van der Waals surface area contributed by atoms with Crippen molar-refractivity contribution in [3.8, 4) is 5.75 Å². The van der Waals surface area contributed by atoms with Crippen LogP contribution in [0.25, 0.3) is 0 Å². The zero-order valence-electron chi connectivity index (χ0n) is 9.92. The summed E-state index contributed by atoms with van der Waals surface area (Å²) in [6, 6.07) is 15.5. The Bertz CT molecular complexity index is 535. The van der Waals surface area contributed by atoms with Gasteiger partial charge in [0.1, 0.15) is 11.4 Å². The average Bonchev–Trinajstić information content (AvgIpc) is 2.37. The van der Waals surface area contributed by atoms with Crippen molar-refractivity contribution < 1.29 is 4.74 Å². The zero-order valence-corrected chi connectivity index (χ0v) is 9.92. The SMILES string of the molecule is COc1ccccc1N=Nc1cccc(C)c1. The molecule has 0 unspecified atom stereocenters. The number of para-hydroxylation sites is 1. The van der Waals surface area contributed by atoms with E-state index >= 15 is 0 Å². The van der Waals surface area contributed by atoms with Crippen LogP contribution >= 0.6 is 0 Å². The van der Waals surface area contributed by atoms with Gasteiger partial charge in [-0.3, -0.25) is 0 Å². The summed E-state index contributed by atoms with van der Waals surface area (Å²) in [6.07, 6.45) is 0. The van der Waals surface area contributed by atoms with E-state index in [0.29, 0.717) is 0 Å². The highest BCUT2D eigenvalue weighted by Crippen LogP contribution is 2.28. The molecule has 17 heavy (non-hydrogen) atoms. The molecule has 0 radical (unpaired) electrons. The summed E-state index contributed by atoms with van der Waals surface area (Å²) in [5.74, 6) is 0.726. The van der Waals surface area contributed by atoms with Crippen molar-refractivity contribution in [3.05, 3.63) is 54.1 Å². The number of hydrogen-bond donors (Lipinski definition) is 0. The van der Waals surface area contributed by atoms with Gasteiger partial charge in [-0.1, -0.05) is 24.3 Å². The molecular formula is C14H14N2O. The van der Waals surface area contributed by atoms with E-state index in [0.717, 1.165) is 17.1 Å². The first kappa shape index (κ1) is 11.3. The Morgan fingerprint density at radius 3 is 2.53 bits per heavy atom. The Balaban J connectivity index is 2.26. The lowest BCUT2D eigenvalue weighted by molar-refractivity contribution is 0.416. The number of aryl methyl sites for hydroxylation is 1. The largest absolute Gasteiger partial charge is 0.494 e. The topological polar surface area (TPSA) is 34.0 Å². The third-order valence-corrected chi connectivity index (χ3v) is 2.36. The molecule has 0 saturated heterocycles. The van der Waals surface area contributed by atoms with Crippen LogP contribution in [0, 0.1) is 6.92 Å². The van der Waals surface area contributed by atoms with Crippen LogP contribution in [0.3, 0.4) is 0 Å². The van der Waals surface area contributed by atoms with E-state index < -0.39 is 0 Å². The van der Waals surface area contributed by atoms with Crippen LogP contribution in [0.5, 0.6) is 5.75 Å². The average molecular weight is 226 g/mol. The minimum absolute atomic E-state index is 0.726. The molecule has 0 bridgehead atoms. The third kappa shape index (κ3) is 2.91. The molecule has 0 N–H and O–H groups in total. The highest BCUT2D eigenvalue weighted by atomic mass is 16.5. The molecule has 0 amide bonds. The molecule has 0 aromatic heterocycles. The van der Waals surface area contributed by atoms with Gasteiger partial charge in [-0.25, -0.2) is 0 Å². The number of azo groups is 1. The van der Waals surface area contributed by atoms with Crippen molar-refractivity contribution in [2.24, 2.45) is 10.2 Å². The van der Waals surface area contributed by atoms with Crippen molar-refractivity contribution >= 4 is 11.4 Å². The molecule has 2 aromatic rings. The van der Waals surface area contributed by atoms with Gasteiger partial charge in [-0.15, -0.1) is 5.11 Å². The number of methoxy groups -OCH3 is 1. The smallest absolute Gasteiger partial charge is 0.146 e. The standard InChI is InChI=1S/C14H14N2O/c1-11-6-5-7-12(10-11)15-16-13-8-3-4-9-14(13)17-2/h3-10H,1-2H3. The third-order valence-electron chi connectivity index (χ3n) is 2.36. The molecule has 86 valence electrons. The van der Waals surface area contributed by atoms with Gasteiger partial charge < -0.3 is 4.74 Å². The van der Waals surface area contributed by atoms with Crippen LogP contribution in [0.15, 0.2) is 58.8 Å². The molecule has 0 aliphatic rings. The second-order valence-electron chi connectivity index (χ2n) is 3.71. The van der Waals surface area contributed by atoms with Gasteiger partial charge in [0.25, 0.3) is 0 Å². The molecule has 3 heteroatoms. The predicted molar refractivity (Wildman–Crippen MR) is 68.3 cm³/mol. The molecule has 0 aliphatic heterocycles. The van der Waals surface area contributed by atoms with Crippen molar-refractivity contribution in [2.75, 3.05) is 7.11 Å². The summed E-state index contributed by atoms with van der Waals surface area (Å²) in [7, 11) is 1.63. The van der Waals surface area contributed by atoms with Gasteiger partial charge in [0.2, 0.25) is 0 Å². The summed E-state index contributed by atoms with van der Waals surface area (Å²) in [5.41, 5.74) is 2.74. The van der Waals surface area contributed by atoms with E-state index in [9.17, 15) is 0 Å². The fourth-order valence-electron chi connectivity index (χ4n) is 1.51. The van der Waals surface area contributed by atoms with Crippen molar-refractivity contribution in [3.63, 3.8) is 0 Å². The molecular weight excluding hydrogens is 212 g/mol. The highest BCUT2D eigenvalue weighted by Gasteiger charge is 1.98. The molecule has 0 aliphatic carbocycles. The fraction of sp³-hybridized carbons (Fsp3) is 0.143. The summed E-state index contributed by atoms with van der Waals surface area (Å²) in [6.45, 7) is 2.03. The van der Waals surface area contributed by atoms with Gasteiger partial charge in [-0.05, 0) is 36.8 Å². The second-order valence-corrected chi connectivity index (χ2v) is 3.71. The first-order valence-corrected chi connectivity index (χ1v) is 5.41. The zero-order chi connectivity index (χ0) is 12.1. The molecule has 0 heterocycles. The first-order valence-electron chi connectivity index (χ1n) is 5.41. The molecule has 0 fully saturated rings. The molecule has 3 nitrogen and oxygen atoms in total. The molecule has 0 spiro atoms. The maximum atomic E-state index is 5.20. The van der Waals surface area contributed by atoms with E-state index in [2.05, 4.69) is 10.2 Å². The Morgan fingerprint density at radius 2 is 1.76 bits per heavy atom.